The number of halogens is 6. The van der Waals surface area contributed by atoms with Gasteiger partial charge in [-0.15, -0.1) is 0 Å². The maximum absolute atomic E-state index is 13.7. The van der Waals surface area contributed by atoms with Crippen LogP contribution in [-0.2, 0) is 20.7 Å². The molecular weight excluding hydrogens is 1170 g/mol. The topological polar surface area (TPSA) is 157 Å². The molecule has 2 heterocycles. The van der Waals surface area contributed by atoms with Crippen LogP contribution in [0.2, 0.25) is 0 Å². The van der Waals surface area contributed by atoms with Crippen molar-refractivity contribution >= 4 is 89.2 Å². The van der Waals surface area contributed by atoms with Gasteiger partial charge < -0.3 is 19.2 Å². The van der Waals surface area contributed by atoms with Gasteiger partial charge in [-0.2, -0.15) is 0 Å². The zero-order valence-corrected chi connectivity index (χ0v) is 46.4. The standard InChI is InChI=1S/C19H17F2NO3P2.C17H10BrF2NO.C10H6BrNO.CH2O3.Cs/c20-17-12-11-14(13-18(17)21)19(22-26)27(23,24-15-7-3-1-4-8-15)25-16-9-5-2-6-10-16;18-13-7-12-5-10(1-4-16(12)21-9-13)6-17(22)11-2-3-14(19)15(20)8-11;11-9-4-8-3-7(6-13)1-2-10(8)12-5-9;2-1-4-3;/h1-13,19,22H,26H2;1-5,7-9H,6H2;1-6H;1,3H;/q;;;;+1/p-1. The Bertz CT molecular complexity index is 2950. The summed E-state index contributed by atoms with van der Waals surface area (Å²) < 4.78 is 80.1. The van der Waals surface area contributed by atoms with Crippen molar-refractivity contribution < 1.29 is 125 Å². The zero-order chi connectivity index (χ0) is 47.6. The molecule has 1 N–H and O–H groups in total. The van der Waals surface area contributed by atoms with E-state index in [2.05, 4.69) is 61.2 Å². The molecule has 0 spiro atoms. The molecule has 0 aliphatic carbocycles. The van der Waals surface area contributed by atoms with Crippen LogP contribution in [0.1, 0.15) is 37.6 Å². The van der Waals surface area contributed by atoms with Crippen LogP contribution in [0.5, 0.6) is 11.5 Å². The molecule has 0 fully saturated rings. The molecule has 0 saturated carbocycles. The normalized spacial score (nSPS) is 10.9. The summed E-state index contributed by atoms with van der Waals surface area (Å²) in [6.07, 6.45) is 4.39. The number of rotatable bonds is 12. The third kappa shape index (κ3) is 16.8. The van der Waals surface area contributed by atoms with Gasteiger partial charge in [0.25, 0.3) is 6.47 Å². The van der Waals surface area contributed by atoms with Gasteiger partial charge in [-0.05, 0) is 140 Å². The van der Waals surface area contributed by atoms with E-state index in [1.165, 1.54) is 12.1 Å². The quantitative estimate of drug-likeness (QED) is 0.0312. The molecule has 2 aromatic heterocycles. The number of carbonyl (C=O) groups excluding carboxylic acids is 3. The Kier molecular flexibility index (Phi) is 23.0. The van der Waals surface area contributed by atoms with Crippen LogP contribution in [0, 0.1) is 23.3 Å². The molecule has 20 heteroatoms. The van der Waals surface area contributed by atoms with E-state index < -0.39 is 36.6 Å². The minimum Gasteiger partial charge on any atom is -0.662 e. The van der Waals surface area contributed by atoms with Gasteiger partial charge in [0.15, 0.2) is 34.8 Å². The Hall–Kier alpha value is -4.14. The van der Waals surface area contributed by atoms with Gasteiger partial charge in [0.05, 0.1) is 11.0 Å². The number of Topliss-reactive ketones (excluding diaryl/α,β-unsaturated/α-hetero) is 1. The van der Waals surface area contributed by atoms with E-state index in [9.17, 15) is 31.7 Å². The maximum atomic E-state index is 13.7. The number of hydrogen-bond donors (Lipinski definition) is 1. The third-order valence-electron chi connectivity index (χ3n) is 8.85. The van der Waals surface area contributed by atoms with Gasteiger partial charge in [-0.1, -0.05) is 57.9 Å². The summed E-state index contributed by atoms with van der Waals surface area (Å²) in [6.45, 7) is -0.181. The molecule has 0 saturated heterocycles. The van der Waals surface area contributed by atoms with Crippen LogP contribution in [-0.4, -0.2) is 28.5 Å². The minimum absolute atomic E-state index is 0. The molecule has 0 radical (unpaired) electrons. The van der Waals surface area contributed by atoms with Crippen molar-refractivity contribution in [3.63, 3.8) is 0 Å². The number of fused-ring (bicyclic) bond motifs is 2. The van der Waals surface area contributed by atoms with E-state index >= 15 is 0 Å². The SMILES string of the molecule is O=C(Cc1ccc2ncc(Br)cc2c1)c1ccc(F)c(F)c1.O=CO[O-].O=Cc1ccc2ncc(Br)cc2c1.O=P(Oc1ccccc1)(Oc1ccccc1)C(NP)c1ccc(F)c(F)c1.[Cs+]. The number of aromatic nitrogens is 2. The average molecular weight is 1200 g/mol. The Labute approximate surface area is 459 Å². The Morgan fingerprint density at radius 3 is 1.69 bits per heavy atom. The molecule has 11 nitrogen and oxygen atoms in total. The van der Waals surface area contributed by atoms with E-state index in [1.807, 2.05) is 36.4 Å². The number of benzene rings is 6. The van der Waals surface area contributed by atoms with Gasteiger partial charge in [-0.3, -0.25) is 29.4 Å². The number of pyridine rings is 2. The average Bonchev–Trinajstić information content (AvgIpc) is 3.32. The van der Waals surface area contributed by atoms with Crippen molar-refractivity contribution in [3.8, 4) is 11.5 Å². The predicted molar refractivity (Wildman–Crippen MR) is 250 cm³/mol. The van der Waals surface area contributed by atoms with Gasteiger partial charge in [0.2, 0.25) is 0 Å². The first-order valence-electron chi connectivity index (χ1n) is 19.0. The molecule has 0 amide bonds. The predicted octanol–water partition coefficient (Wildman–Crippen LogP) is 8.64. The number of para-hydroxylation sites is 2. The molecule has 2 atom stereocenters. The summed E-state index contributed by atoms with van der Waals surface area (Å²) in [4.78, 5) is 42.4. The second-order valence-corrected chi connectivity index (χ2v) is 17.5. The summed E-state index contributed by atoms with van der Waals surface area (Å²) in [5, 5.41) is 13.1. The monoisotopic (exact) mass is 1200 g/mol. The van der Waals surface area contributed by atoms with E-state index in [0.29, 0.717) is 17.1 Å². The van der Waals surface area contributed by atoms with Crippen molar-refractivity contribution in [2.24, 2.45) is 0 Å². The molecule has 8 rings (SSSR count). The van der Waals surface area contributed by atoms with E-state index in [0.717, 1.165) is 66.9 Å². The molecule has 8 aromatic rings. The second-order valence-electron chi connectivity index (χ2n) is 13.4. The van der Waals surface area contributed by atoms with Gasteiger partial charge in [0.1, 0.15) is 17.8 Å². The molecule has 338 valence electrons. The van der Waals surface area contributed by atoms with Gasteiger partial charge >= 0.3 is 76.5 Å². The summed E-state index contributed by atoms with van der Waals surface area (Å²) in [7, 11) is -1.73. The van der Waals surface area contributed by atoms with Crippen molar-refractivity contribution in [1.29, 1.82) is 0 Å². The molecule has 2 unspecified atom stereocenters. The smallest absolute Gasteiger partial charge is 0.662 e. The van der Waals surface area contributed by atoms with E-state index in [1.54, 1.807) is 85.2 Å². The van der Waals surface area contributed by atoms with Crippen molar-refractivity contribution in [2.45, 2.75) is 12.2 Å². The number of aldehydes is 1. The second kappa shape index (κ2) is 27.8. The summed E-state index contributed by atoms with van der Waals surface area (Å²) in [6, 6.07) is 38.2. The van der Waals surface area contributed by atoms with Crippen LogP contribution in [0.4, 0.5) is 17.6 Å². The number of ketones is 1. The van der Waals surface area contributed by atoms with Gasteiger partial charge in [0, 0.05) is 49.7 Å². The zero-order valence-electron chi connectivity index (χ0n) is 34.9. The molecule has 0 aliphatic rings. The Balaban J connectivity index is 0.000000219. The number of hydrogen-bond acceptors (Lipinski definition) is 11. The molecule has 0 aliphatic heterocycles. The first kappa shape index (κ1) is 55.5. The number of nitrogens with one attached hydrogen (secondary N) is 1. The fourth-order valence-electron chi connectivity index (χ4n) is 5.85. The molecular formula is C47H34Br2CsF4N3O8P2. The van der Waals surface area contributed by atoms with Crippen LogP contribution in [0.25, 0.3) is 21.8 Å². The number of nitrogens with zero attached hydrogens (tertiary/aromatic N) is 2. The summed E-state index contributed by atoms with van der Waals surface area (Å²) in [5.41, 5.74) is 3.57. The Morgan fingerprint density at radius 1 is 0.687 bits per heavy atom. The van der Waals surface area contributed by atoms with Crippen LogP contribution in [0.3, 0.4) is 0 Å². The summed E-state index contributed by atoms with van der Waals surface area (Å²) in [5.74, 6) is -4.70. The fourth-order valence-corrected chi connectivity index (χ4v) is 9.08. The fraction of sp³-hybridized carbons (Fsp3) is 0.0426. The first-order valence-corrected chi connectivity index (χ1v) is 22.8. The van der Waals surface area contributed by atoms with Crippen LogP contribution in [0.15, 0.2) is 167 Å². The number of carbonyl (C=O) groups is 3. The summed E-state index contributed by atoms with van der Waals surface area (Å²) >= 11 is 6.68. The van der Waals surface area contributed by atoms with Gasteiger partial charge in [-0.25, -0.2) is 22.1 Å². The van der Waals surface area contributed by atoms with Crippen molar-refractivity contribution in [2.75, 3.05) is 0 Å². The maximum Gasteiger partial charge on any atom is 1.00 e. The minimum atomic E-state index is -3.95. The van der Waals surface area contributed by atoms with Crippen molar-refractivity contribution in [3.05, 3.63) is 212 Å². The van der Waals surface area contributed by atoms with E-state index in [-0.39, 0.29) is 98.7 Å². The Morgan fingerprint density at radius 2 is 1.19 bits per heavy atom. The first-order chi connectivity index (χ1) is 31.7. The van der Waals surface area contributed by atoms with Crippen LogP contribution >= 0.6 is 48.8 Å². The molecule has 6 aromatic carbocycles. The molecule has 67 heavy (non-hydrogen) atoms. The third-order valence-corrected chi connectivity index (χ3v) is 12.3. The van der Waals surface area contributed by atoms with E-state index in [4.69, 9.17) is 19.1 Å². The largest absolute Gasteiger partial charge is 1.00 e. The van der Waals surface area contributed by atoms with Crippen LogP contribution < -0.4 is 88.3 Å². The molecule has 0 bridgehead atoms. The van der Waals surface area contributed by atoms with Crippen molar-refractivity contribution in [1.82, 2.24) is 15.1 Å².